The van der Waals surface area contributed by atoms with Crippen molar-refractivity contribution in [3.8, 4) is 11.8 Å². The second-order valence-electron chi connectivity index (χ2n) is 6.30. The lowest BCUT2D eigenvalue weighted by Crippen LogP contribution is -2.31. The van der Waals surface area contributed by atoms with Gasteiger partial charge in [0.1, 0.15) is 11.4 Å². The number of pyridine rings is 1. The zero-order valence-corrected chi connectivity index (χ0v) is 14.9. The minimum Gasteiger partial charge on any atom is -0.481 e. The van der Waals surface area contributed by atoms with Crippen LogP contribution in [0.1, 0.15) is 60.7 Å². The average Bonchev–Trinajstić information content (AvgIpc) is 3.29. The quantitative estimate of drug-likeness (QED) is 0.894. The fourth-order valence-corrected chi connectivity index (χ4v) is 3.00. The molecule has 3 heterocycles. The minimum absolute atomic E-state index is 0.112. The van der Waals surface area contributed by atoms with E-state index in [0.29, 0.717) is 18.0 Å². The molecule has 8 heteroatoms. The molecule has 3 rings (SSSR count). The zero-order chi connectivity index (χ0) is 18.0. The molecule has 1 aliphatic heterocycles. The van der Waals surface area contributed by atoms with E-state index in [1.165, 1.54) is 14.2 Å². The molecule has 0 bridgehead atoms. The van der Waals surface area contributed by atoms with Crippen molar-refractivity contribution in [1.29, 1.82) is 0 Å². The third-order valence-corrected chi connectivity index (χ3v) is 4.33. The highest BCUT2D eigenvalue weighted by atomic mass is 16.5. The monoisotopic (exact) mass is 345 g/mol. The maximum absolute atomic E-state index is 13.1. The highest BCUT2D eigenvalue weighted by molar-refractivity contribution is 5.96. The second kappa shape index (κ2) is 7.08. The van der Waals surface area contributed by atoms with Gasteiger partial charge in [0.2, 0.25) is 11.8 Å². The molecule has 1 fully saturated rings. The molecule has 0 spiro atoms. The minimum atomic E-state index is -0.128. The fourth-order valence-electron chi connectivity index (χ4n) is 3.00. The predicted octanol–water partition coefficient (Wildman–Crippen LogP) is 2.32. The first kappa shape index (κ1) is 17.2. The Hall–Kier alpha value is -2.64. The lowest BCUT2D eigenvalue weighted by molar-refractivity contribution is 0.0725. The largest absolute Gasteiger partial charge is 0.481 e. The van der Waals surface area contributed by atoms with Crippen LogP contribution in [0, 0.1) is 0 Å². The molecule has 2 aromatic heterocycles. The van der Waals surface area contributed by atoms with Crippen molar-refractivity contribution in [1.82, 2.24) is 25.1 Å². The van der Waals surface area contributed by atoms with Gasteiger partial charge in [-0.15, -0.1) is 0 Å². The highest BCUT2D eigenvalue weighted by Crippen LogP contribution is 2.33. The molecule has 1 aliphatic rings. The molecule has 0 aromatic carbocycles. The van der Waals surface area contributed by atoms with Crippen LogP contribution in [0.5, 0.6) is 11.8 Å². The van der Waals surface area contributed by atoms with Gasteiger partial charge in [-0.25, -0.2) is 4.98 Å². The first-order chi connectivity index (χ1) is 12.0. The van der Waals surface area contributed by atoms with Crippen molar-refractivity contribution in [2.45, 2.75) is 38.6 Å². The summed E-state index contributed by atoms with van der Waals surface area (Å²) < 4.78 is 10.4. The number of aromatic amines is 1. The standard InChI is InChI=1S/C17H23N5O3/c1-10(2)14-19-15(21-20-14)12-6-5-9-22(12)17(23)11-7-8-13(24-3)18-16(11)25-4/h7-8,10,12H,5-6,9H2,1-4H3,(H,19,20,21)/t12-/m0/s1. The van der Waals surface area contributed by atoms with Gasteiger partial charge in [0.05, 0.1) is 20.3 Å². The smallest absolute Gasteiger partial charge is 0.259 e. The van der Waals surface area contributed by atoms with Crippen LogP contribution in [-0.4, -0.2) is 51.7 Å². The average molecular weight is 345 g/mol. The van der Waals surface area contributed by atoms with Crippen molar-refractivity contribution >= 4 is 5.91 Å². The van der Waals surface area contributed by atoms with Crippen LogP contribution in [-0.2, 0) is 0 Å². The van der Waals surface area contributed by atoms with Crippen LogP contribution in [0.2, 0.25) is 0 Å². The lowest BCUT2D eigenvalue weighted by Gasteiger charge is -2.23. The Morgan fingerprint density at radius 1 is 1.28 bits per heavy atom. The molecule has 0 unspecified atom stereocenters. The number of hydrogen-bond acceptors (Lipinski definition) is 6. The molecule has 8 nitrogen and oxygen atoms in total. The first-order valence-electron chi connectivity index (χ1n) is 8.37. The summed E-state index contributed by atoms with van der Waals surface area (Å²) in [6.07, 6.45) is 1.77. The number of amides is 1. The van der Waals surface area contributed by atoms with Gasteiger partial charge in [-0.3, -0.25) is 9.89 Å². The molecule has 1 amide bonds. The van der Waals surface area contributed by atoms with Gasteiger partial charge in [0, 0.05) is 18.5 Å². The number of H-pyrrole nitrogens is 1. The summed E-state index contributed by atoms with van der Waals surface area (Å²) in [5, 5.41) is 7.25. The van der Waals surface area contributed by atoms with Gasteiger partial charge in [-0.05, 0) is 18.9 Å². The summed E-state index contributed by atoms with van der Waals surface area (Å²) in [6.45, 7) is 4.74. The Kier molecular flexibility index (Phi) is 4.87. The van der Waals surface area contributed by atoms with E-state index in [2.05, 4.69) is 20.2 Å². The Morgan fingerprint density at radius 2 is 2.08 bits per heavy atom. The number of likely N-dealkylation sites (tertiary alicyclic amines) is 1. The molecule has 1 saturated heterocycles. The molecule has 0 saturated carbocycles. The zero-order valence-electron chi connectivity index (χ0n) is 14.9. The Labute approximate surface area is 146 Å². The number of carbonyl (C=O) groups is 1. The molecule has 2 aromatic rings. The summed E-state index contributed by atoms with van der Waals surface area (Å²) >= 11 is 0. The molecular weight excluding hydrogens is 322 g/mol. The number of hydrogen-bond donors (Lipinski definition) is 1. The molecular formula is C17H23N5O3. The van der Waals surface area contributed by atoms with Crippen LogP contribution >= 0.6 is 0 Å². The second-order valence-corrected chi connectivity index (χ2v) is 6.30. The molecule has 1 atom stereocenters. The molecule has 0 radical (unpaired) electrons. The van der Waals surface area contributed by atoms with Crippen molar-refractivity contribution in [2.24, 2.45) is 0 Å². The summed E-state index contributed by atoms with van der Waals surface area (Å²) in [7, 11) is 3.02. The van der Waals surface area contributed by atoms with Crippen LogP contribution in [0.25, 0.3) is 0 Å². The van der Waals surface area contributed by atoms with Crippen molar-refractivity contribution in [2.75, 3.05) is 20.8 Å². The van der Waals surface area contributed by atoms with Crippen molar-refractivity contribution in [3.63, 3.8) is 0 Å². The normalized spacial score (nSPS) is 17.2. The van der Waals surface area contributed by atoms with Crippen LogP contribution < -0.4 is 9.47 Å². The molecule has 134 valence electrons. The number of carbonyl (C=O) groups excluding carboxylic acids is 1. The molecule has 25 heavy (non-hydrogen) atoms. The van der Waals surface area contributed by atoms with Gasteiger partial charge in [0.15, 0.2) is 5.82 Å². The summed E-state index contributed by atoms with van der Waals surface area (Å²) in [4.78, 5) is 23.6. The summed E-state index contributed by atoms with van der Waals surface area (Å²) in [5.41, 5.74) is 0.416. The molecule has 0 aliphatic carbocycles. The SMILES string of the molecule is COc1ccc(C(=O)N2CCC[C@H]2c2nc(C(C)C)n[nH]2)c(OC)n1. The van der Waals surface area contributed by atoms with E-state index >= 15 is 0 Å². The fraction of sp³-hybridized carbons (Fsp3) is 0.529. The molecule has 1 N–H and O–H groups in total. The summed E-state index contributed by atoms with van der Waals surface area (Å²) in [6, 6.07) is 3.23. The number of ether oxygens (including phenoxy) is 2. The van der Waals surface area contributed by atoms with E-state index in [9.17, 15) is 4.79 Å². The number of aromatic nitrogens is 4. The van der Waals surface area contributed by atoms with E-state index in [0.717, 1.165) is 24.5 Å². The van der Waals surface area contributed by atoms with Gasteiger partial charge < -0.3 is 14.4 Å². The number of methoxy groups -OCH3 is 2. The number of nitrogens with one attached hydrogen (secondary N) is 1. The highest BCUT2D eigenvalue weighted by Gasteiger charge is 2.34. The van der Waals surface area contributed by atoms with E-state index in [1.807, 2.05) is 13.8 Å². The predicted molar refractivity (Wildman–Crippen MR) is 90.8 cm³/mol. The van der Waals surface area contributed by atoms with Gasteiger partial charge in [-0.1, -0.05) is 13.8 Å². The summed E-state index contributed by atoms with van der Waals surface area (Å²) in [5.74, 6) is 2.27. The van der Waals surface area contributed by atoms with E-state index in [4.69, 9.17) is 9.47 Å². The Morgan fingerprint density at radius 3 is 2.72 bits per heavy atom. The number of nitrogens with zero attached hydrogens (tertiary/aromatic N) is 4. The first-order valence-corrected chi connectivity index (χ1v) is 8.37. The van der Waals surface area contributed by atoms with Gasteiger partial charge in [0.25, 0.3) is 5.91 Å². The Balaban J connectivity index is 1.88. The number of rotatable bonds is 5. The van der Waals surface area contributed by atoms with E-state index in [1.54, 1.807) is 17.0 Å². The van der Waals surface area contributed by atoms with Gasteiger partial charge >= 0.3 is 0 Å². The lowest BCUT2D eigenvalue weighted by atomic mass is 10.1. The maximum Gasteiger partial charge on any atom is 0.259 e. The van der Waals surface area contributed by atoms with Gasteiger partial charge in [-0.2, -0.15) is 10.1 Å². The van der Waals surface area contributed by atoms with Crippen LogP contribution in [0.3, 0.4) is 0 Å². The van der Waals surface area contributed by atoms with Crippen LogP contribution in [0.15, 0.2) is 12.1 Å². The Bertz CT molecular complexity index is 758. The maximum atomic E-state index is 13.1. The topological polar surface area (TPSA) is 93.2 Å². The third-order valence-electron chi connectivity index (χ3n) is 4.33. The van der Waals surface area contributed by atoms with E-state index in [-0.39, 0.29) is 23.7 Å². The van der Waals surface area contributed by atoms with Crippen LogP contribution in [0.4, 0.5) is 0 Å². The third kappa shape index (κ3) is 3.29. The van der Waals surface area contributed by atoms with Crippen molar-refractivity contribution in [3.05, 3.63) is 29.3 Å². The van der Waals surface area contributed by atoms with E-state index < -0.39 is 0 Å². The van der Waals surface area contributed by atoms with Crippen molar-refractivity contribution < 1.29 is 14.3 Å².